The normalized spacial score (nSPS) is 17.9. The van der Waals surface area contributed by atoms with Gasteiger partial charge in [-0.15, -0.1) is 0 Å². The minimum absolute atomic E-state index is 0.0692. The Labute approximate surface area is 126 Å². The number of amides is 2. The molecule has 6 nitrogen and oxygen atoms in total. The minimum atomic E-state index is -0.972. The van der Waals surface area contributed by atoms with Crippen LogP contribution in [0.3, 0.4) is 0 Å². The van der Waals surface area contributed by atoms with Crippen molar-refractivity contribution in [3.8, 4) is 0 Å². The summed E-state index contributed by atoms with van der Waals surface area (Å²) < 4.78 is 0. The van der Waals surface area contributed by atoms with Crippen molar-refractivity contribution in [1.82, 2.24) is 5.32 Å². The number of aliphatic carboxylic acids is 1. The molecule has 1 atom stereocenters. The molecule has 1 fully saturated rings. The summed E-state index contributed by atoms with van der Waals surface area (Å²) in [6.07, 6.45) is -0.00512. The number of hydrogen-bond donors (Lipinski definition) is 2. The topological polar surface area (TPSA) is 86.7 Å². The smallest absolute Gasteiger partial charge is 0.305 e. The fourth-order valence-corrected chi connectivity index (χ4v) is 2.32. The van der Waals surface area contributed by atoms with Crippen molar-refractivity contribution in [2.24, 2.45) is 5.92 Å². The zero-order valence-electron chi connectivity index (χ0n) is 11.2. The lowest BCUT2D eigenvalue weighted by Crippen LogP contribution is -2.34. The van der Waals surface area contributed by atoms with Crippen LogP contribution in [0.5, 0.6) is 0 Å². The van der Waals surface area contributed by atoms with Gasteiger partial charge in [0.05, 0.1) is 12.3 Å². The number of hydrogen-bond acceptors (Lipinski definition) is 3. The molecular formula is C14H15ClN2O4. The molecule has 0 unspecified atom stereocenters. The first-order valence-corrected chi connectivity index (χ1v) is 6.90. The highest BCUT2D eigenvalue weighted by atomic mass is 35.5. The second kappa shape index (κ2) is 6.58. The summed E-state index contributed by atoms with van der Waals surface area (Å²) >= 11 is 5.80. The Kier molecular flexibility index (Phi) is 4.80. The van der Waals surface area contributed by atoms with Crippen LogP contribution < -0.4 is 10.2 Å². The van der Waals surface area contributed by atoms with Crippen LogP contribution in [0.1, 0.15) is 12.8 Å². The summed E-state index contributed by atoms with van der Waals surface area (Å²) in [7, 11) is 0. The van der Waals surface area contributed by atoms with Crippen molar-refractivity contribution in [2.45, 2.75) is 12.8 Å². The highest BCUT2D eigenvalue weighted by Gasteiger charge is 2.34. The number of anilines is 1. The third kappa shape index (κ3) is 3.95. The molecule has 1 aliphatic heterocycles. The van der Waals surface area contributed by atoms with Gasteiger partial charge in [0, 0.05) is 30.2 Å². The lowest BCUT2D eigenvalue weighted by Gasteiger charge is -2.16. The lowest BCUT2D eigenvalue weighted by atomic mass is 10.1. The lowest BCUT2D eigenvalue weighted by molar-refractivity contribution is -0.137. The maximum Gasteiger partial charge on any atom is 0.305 e. The Morgan fingerprint density at radius 2 is 2.00 bits per heavy atom. The molecule has 0 saturated carbocycles. The minimum Gasteiger partial charge on any atom is -0.481 e. The summed E-state index contributed by atoms with van der Waals surface area (Å²) in [5, 5.41) is 11.6. The van der Waals surface area contributed by atoms with Gasteiger partial charge in [-0.05, 0) is 24.3 Å². The molecule has 2 N–H and O–H groups in total. The first-order chi connectivity index (χ1) is 9.97. The SMILES string of the molecule is O=C(O)CCNC(=O)[C@H]1CC(=O)N(c2ccc(Cl)cc2)C1. The zero-order valence-corrected chi connectivity index (χ0v) is 12.0. The Morgan fingerprint density at radius 1 is 1.33 bits per heavy atom. The zero-order chi connectivity index (χ0) is 15.4. The van der Waals surface area contributed by atoms with Crippen LogP contribution in [0.4, 0.5) is 5.69 Å². The van der Waals surface area contributed by atoms with Crippen molar-refractivity contribution in [3.63, 3.8) is 0 Å². The third-order valence-electron chi connectivity index (χ3n) is 3.27. The van der Waals surface area contributed by atoms with Gasteiger partial charge in [-0.1, -0.05) is 11.6 Å². The van der Waals surface area contributed by atoms with Crippen molar-refractivity contribution in [3.05, 3.63) is 29.3 Å². The standard InChI is InChI=1S/C14H15ClN2O4/c15-10-1-3-11(4-2-10)17-8-9(7-12(17)18)14(21)16-6-5-13(19)20/h1-4,9H,5-8H2,(H,16,21)(H,19,20)/t9-/m0/s1. The number of rotatable bonds is 5. The van der Waals surface area contributed by atoms with Crippen LogP contribution >= 0.6 is 11.6 Å². The van der Waals surface area contributed by atoms with Crippen LogP contribution in [0.15, 0.2) is 24.3 Å². The Morgan fingerprint density at radius 3 is 2.62 bits per heavy atom. The van der Waals surface area contributed by atoms with Crippen LogP contribution in [0.2, 0.25) is 5.02 Å². The largest absolute Gasteiger partial charge is 0.481 e. The van der Waals surface area contributed by atoms with Gasteiger partial charge in [0.15, 0.2) is 0 Å². The van der Waals surface area contributed by atoms with E-state index in [4.69, 9.17) is 16.7 Å². The van der Waals surface area contributed by atoms with E-state index >= 15 is 0 Å². The summed E-state index contributed by atoms with van der Waals surface area (Å²) in [4.78, 5) is 35.8. The van der Waals surface area contributed by atoms with Gasteiger partial charge in [0.2, 0.25) is 11.8 Å². The van der Waals surface area contributed by atoms with E-state index in [2.05, 4.69) is 5.32 Å². The number of nitrogens with one attached hydrogen (secondary N) is 1. The van der Waals surface area contributed by atoms with Crippen molar-refractivity contribution in [1.29, 1.82) is 0 Å². The number of nitrogens with zero attached hydrogens (tertiary/aromatic N) is 1. The molecule has 0 radical (unpaired) electrons. The first kappa shape index (κ1) is 15.3. The van der Waals surface area contributed by atoms with E-state index in [1.54, 1.807) is 24.3 Å². The molecule has 1 aliphatic rings. The van der Waals surface area contributed by atoms with Crippen molar-refractivity contribution >= 4 is 35.1 Å². The van der Waals surface area contributed by atoms with Gasteiger partial charge >= 0.3 is 5.97 Å². The van der Waals surface area contributed by atoms with E-state index in [0.29, 0.717) is 17.3 Å². The summed E-state index contributed by atoms with van der Waals surface area (Å²) in [6.45, 7) is 0.360. The average Bonchev–Trinajstić information content (AvgIpc) is 2.81. The third-order valence-corrected chi connectivity index (χ3v) is 3.52. The van der Waals surface area contributed by atoms with Crippen molar-refractivity contribution < 1.29 is 19.5 Å². The van der Waals surface area contributed by atoms with Gasteiger partial charge in [-0.25, -0.2) is 0 Å². The maximum absolute atomic E-state index is 12.0. The molecule has 1 aromatic rings. The Balaban J connectivity index is 1.94. The molecule has 1 heterocycles. The molecular weight excluding hydrogens is 296 g/mol. The first-order valence-electron chi connectivity index (χ1n) is 6.53. The van der Waals surface area contributed by atoms with Crippen molar-refractivity contribution in [2.75, 3.05) is 18.0 Å². The molecule has 0 bridgehead atoms. The fourth-order valence-electron chi connectivity index (χ4n) is 2.19. The summed E-state index contributed by atoms with van der Waals surface area (Å²) in [5.41, 5.74) is 0.699. The maximum atomic E-state index is 12.0. The predicted molar refractivity (Wildman–Crippen MR) is 77.2 cm³/mol. The number of carbonyl (C=O) groups excluding carboxylic acids is 2. The van der Waals surface area contributed by atoms with Gasteiger partial charge in [0.25, 0.3) is 0 Å². The molecule has 2 amide bonds. The van der Waals surface area contributed by atoms with Crippen LogP contribution in [0.25, 0.3) is 0 Å². The Bertz CT molecular complexity index is 559. The summed E-state index contributed by atoms with van der Waals surface area (Å²) in [5.74, 6) is -1.85. The van der Waals surface area contributed by atoms with Crippen LogP contribution in [-0.4, -0.2) is 36.0 Å². The molecule has 112 valence electrons. The molecule has 1 aromatic carbocycles. The second-order valence-corrected chi connectivity index (χ2v) is 5.25. The molecule has 2 rings (SSSR count). The quantitative estimate of drug-likeness (QED) is 0.858. The number of halogens is 1. The second-order valence-electron chi connectivity index (χ2n) is 4.82. The van der Waals surface area contributed by atoms with Gasteiger partial charge in [-0.3, -0.25) is 14.4 Å². The number of carboxylic acids is 1. The van der Waals surface area contributed by atoms with E-state index in [-0.39, 0.29) is 31.2 Å². The van der Waals surface area contributed by atoms with E-state index in [1.807, 2.05) is 0 Å². The molecule has 21 heavy (non-hydrogen) atoms. The number of carboxylic acid groups (broad SMARTS) is 1. The highest BCUT2D eigenvalue weighted by molar-refractivity contribution is 6.30. The van der Waals surface area contributed by atoms with Crippen LogP contribution in [-0.2, 0) is 14.4 Å². The Hall–Kier alpha value is -2.08. The number of benzene rings is 1. The molecule has 7 heteroatoms. The molecule has 1 saturated heterocycles. The van der Waals surface area contributed by atoms with E-state index in [1.165, 1.54) is 4.90 Å². The van der Waals surface area contributed by atoms with Gasteiger partial charge in [-0.2, -0.15) is 0 Å². The van der Waals surface area contributed by atoms with Gasteiger partial charge in [0.1, 0.15) is 0 Å². The highest BCUT2D eigenvalue weighted by Crippen LogP contribution is 2.26. The molecule has 0 aliphatic carbocycles. The average molecular weight is 311 g/mol. The summed E-state index contributed by atoms with van der Waals surface area (Å²) in [6, 6.07) is 6.82. The van der Waals surface area contributed by atoms with E-state index in [0.717, 1.165) is 0 Å². The fraction of sp³-hybridized carbons (Fsp3) is 0.357. The van der Waals surface area contributed by atoms with Gasteiger partial charge < -0.3 is 15.3 Å². The van der Waals surface area contributed by atoms with Crippen LogP contribution in [0, 0.1) is 5.92 Å². The number of carbonyl (C=O) groups is 3. The monoisotopic (exact) mass is 310 g/mol. The van der Waals surface area contributed by atoms with E-state index in [9.17, 15) is 14.4 Å². The van der Waals surface area contributed by atoms with E-state index < -0.39 is 11.9 Å². The molecule has 0 aromatic heterocycles. The predicted octanol–water partition coefficient (Wildman–Crippen LogP) is 1.28. The molecule has 0 spiro atoms.